The number of carbonyl (C=O) groups excluding carboxylic acids is 1. The third kappa shape index (κ3) is 4.02. The topological polar surface area (TPSA) is 59.4 Å². The maximum absolute atomic E-state index is 12.9. The second-order valence-corrected chi connectivity index (χ2v) is 6.45. The molecular formula is C19H26N4O2. The number of rotatable bonds is 6. The van der Waals surface area contributed by atoms with E-state index in [9.17, 15) is 4.79 Å². The van der Waals surface area contributed by atoms with Crippen molar-refractivity contribution in [3.05, 3.63) is 42.2 Å². The van der Waals surface area contributed by atoms with Crippen LogP contribution in [0.5, 0.6) is 5.75 Å². The molecule has 1 aromatic carbocycles. The summed E-state index contributed by atoms with van der Waals surface area (Å²) in [5.41, 5.74) is 1.99. The van der Waals surface area contributed by atoms with E-state index < -0.39 is 0 Å². The summed E-state index contributed by atoms with van der Waals surface area (Å²) in [4.78, 5) is 14.7. The summed E-state index contributed by atoms with van der Waals surface area (Å²) < 4.78 is 7.30. The van der Waals surface area contributed by atoms with E-state index >= 15 is 0 Å². The van der Waals surface area contributed by atoms with Crippen LogP contribution in [0.4, 0.5) is 5.69 Å². The Bertz CT molecular complexity index is 728. The summed E-state index contributed by atoms with van der Waals surface area (Å²) >= 11 is 0. The predicted molar refractivity (Wildman–Crippen MR) is 97.7 cm³/mol. The molecule has 1 aliphatic rings. The van der Waals surface area contributed by atoms with Gasteiger partial charge in [-0.15, -0.1) is 0 Å². The second-order valence-electron chi connectivity index (χ2n) is 6.45. The van der Waals surface area contributed by atoms with Crippen molar-refractivity contribution in [3.8, 4) is 5.75 Å². The van der Waals surface area contributed by atoms with Gasteiger partial charge in [0.2, 0.25) is 5.91 Å². The average Bonchev–Trinajstić information content (AvgIpc) is 3.03. The fourth-order valence-electron chi connectivity index (χ4n) is 3.27. The smallest absolute Gasteiger partial charge is 0.244 e. The maximum atomic E-state index is 12.9. The highest BCUT2D eigenvalue weighted by molar-refractivity contribution is 5.97. The van der Waals surface area contributed by atoms with Crippen LogP contribution in [0.15, 0.2) is 36.7 Å². The Labute approximate surface area is 148 Å². The van der Waals surface area contributed by atoms with Gasteiger partial charge in [0.15, 0.2) is 0 Å². The van der Waals surface area contributed by atoms with Gasteiger partial charge in [-0.25, -0.2) is 0 Å². The lowest BCUT2D eigenvalue weighted by Crippen LogP contribution is -2.51. The Morgan fingerprint density at radius 3 is 3.00 bits per heavy atom. The van der Waals surface area contributed by atoms with Crippen molar-refractivity contribution in [2.24, 2.45) is 7.05 Å². The third-order valence-corrected chi connectivity index (χ3v) is 4.56. The Morgan fingerprint density at radius 2 is 2.28 bits per heavy atom. The van der Waals surface area contributed by atoms with E-state index in [0.717, 1.165) is 36.4 Å². The van der Waals surface area contributed by atoms with Gasteiger partial charge in [0.05, 0.1) is 24.5 Å². The van der Waals surface area contributed by atoms with Crippen LogP contribution in [0.2, 0.25) is 0 Å². The zero-order valence-corrected chi connectivity index (χ0v) is 15.1. The van der Waals surface area contributed by atoms with Gasteiger partial charge in [0.25, 0.3) is 0 Å². The van der Waals surface area contributed by atoms with Gasteiger partial charge in [-0.1, -0.05) is 12.1 Å². The number of hydrogen-bond acceptors (Lipinski definition) is 4. The van der Waals surface area contributed by atoms with Crippen LogP contribution in [0.3, 0.4) is 0 Å². The van der Waals surface area contributed by atoms with E-state index in [1.807, 2.05) is 43.3 Å². The number of amides is 1. The zero-order chi connectivity index (χ0) is 17.8. The molecule has 1 amide bonds. The minimum Gasteiger partial charge on any atom is -0.494 e. The van der Waals surface area contributed by atoms with Crippen molar-refractivity contribution < 1.29 is 9.53 Å². The lowest BCUT2D eigenvalue weighted by molar-refractivity contribution is -0.122. The highest BCUT2D eigenvalue weighted by Crippen LogP contribution is 2.24. The fraction of sp³-hybridized carbons (Fsp3) is 0.474. The highest BCUT2D eigenvalue weighted by atomic mass is 16.5. The predicted octanol–water partition coefficient (Wildman–Crippen LogP) is 2.67. The number of nitrogens with zero attached hydrogens (tertiary/aromatic N) is 3. The molecule has 0 unspecified atom stereocenters. The molecule has 1 saturated heterocycles. The first-order chi connectivity index (χ1) is 12.1. The van der Waals surface area contributed by atoms with Crippen LogP contribution in [0, 0.1) is 0 Å². The van der Waals surface area contributed by atoms with Crippen LogP contribution >= 0.6 is 0 Å². The summed E-state index contributed by atoms with van der Waals surface area (Å²) in [6, 6.07) is 7.93. The lowest BCUT2D eigenvalue weighted by atomic mass is 10.0. The van der Waals surface area contributed by atoms with Crippen molar-refractivity contribution in [2.75, 3.05) is 18.1 Å². The molecular weight excluding hydrogens is 316 g/mol. The monoisotopic (exact) mass is 342 g/mol. The molecule has 0 aliphatic carbocycles. The number of ether oxygens (including phenoxy) is 1. The summed E-state index contributed by atoms with van der Waals surface area (Å²) in [7, 11) is 1.86. The SMILES string of the molecule is CCOc1cccc([C@H](C)N[C@H]2CCCN(c3cnn(C)c3)C2=O)c1. The quantitative estimate of drug-likeness (QED) is 0.877. The molecule has 1 N–H and O–H groups in total. The molecule has 1 aromatic heterocycles. The summed E-state index contributed by atoms with van der Waals surface area (Å²) in [6.45, 7) is 5.45. The molecule has 134 valence electrons. The Hall–Kier alpha value is -2.34. The molecule has 0 radical (unpaired) electrons. The second kappa shape index (κ2) is 7.70. The number of piperidine rings is 1. The molecule has 2 aromatic rings. The molecule has 1 aliphatic heterocycles. The number of aromatic nitrogens is 2. The number of anilines is 1. The van der Waals surface area contributed by atoms with Gasteiger partial charge in [0.1, 0.15) is 5.75 Å². The summed E-state index contributed by atoms with van der Waals surface area (Å²) in [5, 5.41) is 7.66. The Kier molecular flexibility index (Phi) is 5.38. The minimum atomic E-state index is -0.181. The zero-order valence-electron chi connectivity index (χ0n) is 15.1. The molecule has 0 bridgehead atoms. The Balaban J connectivity index is 1.69. The maximum Gasteiger partial charge on any atom is 0.244 e. The standard InChI is InChI=1S/C19H26N4O2/c1-4-25-17-8-5-7-15(11-17)14(2)21-18-9-6-10-23(19(18)24)16-12-20-22(3)13-16/h5,7-8,11-14,18,21H,4,6,9-10H2,1-3H3/t14-,18-/m0/s1. The van der Waals surface area contributed by atoms with E-state index in [1.54, 1.807) is 10.9 Å². The van der Waals surface area contributed by atoms with Crippen LogP contribution < -0.4 is 15.0 Å². The van der Waals surface area contributed by atoms with E-state index in [-0.39, 0.29) is 18.0 Å². The molecule has 2 atom stereocenters. The largest absolute Gasteiger partial charge is 0.494 e. The first-order valence-corrected chi connectivity index (χ1v) is 8.87. The van der Waals surface area contributed by atoms with Gasteiger partial charge < -0.3 is 9.64 Å². The molecule has 3 rings (SSSR count). The van der Waals surface area contributed by atoms with E-state index in [2.05, 4.69) is 23.4 Å². The minimum absolute atomic E-state index is 0.0724. The van der Waals surface area contributed by atoms with E-state index in [4.69, 9.17) is 4.74 Å². The van der Waals surface area contributed by atoms with E-state index in [0.29, 0.717) is 6.61 Å². The van der Waals surface area contributed by atoms with Crippen molar-refractivity contribution in [1.82, 2.24) is 15.1 Å². The number of hydrogen-bond donors (Lipinski definition) is 1. The third-order valence-electron chi connectivity index (χ3n) is 4.56. The van der Waals surface area contributed by atoms with Crippen molar-refractivity contribution >= 4 is 11.6 Å². The Morgan fingerprint density at radius 1 is 1.44 bits per heavy atom. The molecule has 1 fully saturated rings. The average molecular weight is 342 g/mol. The van der Waals surface area contributed by atoms with Gasteiger partial charge in [0, 0.05) is 25.8 Å². The molecule has 25 heavy (non-hydrogen) atoms. The van der Waals surface area contributed by atoms with Gasteiger partial charge in [-0.3, -0.25) is 14.8 Å². The normalized spacial score (nSPS) is 19.1. The number of nitrogens with one attached hydrogen (secondary N) is 1. The van der Waals surface area contributed by atoms with Gasteiger partial charge in [-0.05, 0) is 44.4 Å². The van der Waals surface area contributed by atoms with Gasteiger partial charge in [-0.2, -0.15) is 5.10 Å². The summed E-state index contributed by atoms with van der Waals surface area (Å²) in [5.74, 6) is 0.979. The first-order valence-electron chi connectivity index (χ1n) is 8.87. The first kappa shape index (κ1) is 17.5. The van der Waals surface area contributed by atoms with Crippen LogP contribution in [-0.2, 0) is 11.8 Å². The highest BCUT2D eigenvalue weighted by Gasteiger charge is 2.31. The van der Waals surface area contributed by atoms with Crippen LogP contribution in [0.25, 0.3) is 0 Å². The number of aryl methyl sites for hydroxylation is 1. The fourth-order valence-corrected chi connectivity index (χ4v) is 3.27. The summed E-state index contributed by atoms with van der Waals surface area (Å²) in [6.07, 6.45) is 5.46. The number of carbonyl (C=O) groups is 1. The van der Waals surface area contributed by atoms with Gasteiger partial charge >= 0.3 is 0 Å². The molecule has 2 heterocycles. The molecule has 6 nitrogen and oxygen atoms in total. The van der Waals surface area contributed by atoms with Crippen molar-refractivity contribution in [1.29, 1.82) is 0 Å². The molecule has 0 saturated carbocycles. The van der Waals surface area contributed by atoms with Crippen LogP contribution in [-0.4, -0.2) is 34.9 Å². The van der Waals surface area contributed by atoms with E-state index in [1.165, 1.54) is 0 Å². The number of benzene rings is 1. The molecule has 6 heteroatoms. The van der Waals surface area contributed by atoms with Crippen molar-refractivity contribution in [2.45, 2.75) is 38.8 Å². The van der Waals surface area contributed by atoms with Crippen LogP contribution in [0.1, 0.15) is 38.3 Å². The van der Waals surface area contributed by atoms with Crippen molar-refractivity contribution in [3.63, 3.8) is 0 Å². The molecule has 0 spiro atoms. The lowest BCUT2D eigenvalue weighted by Gasteiger charge is -2.33.